The number of carbonyl (C=O) groups is 2. The van der Waals surface area contributed by atoms with Crippen LogP contribution in [0.15, 0.2) is 11.1 Å². The predicted molar refractivity (Wildman–Crippen MR) is 156 cm³/mol. The highest BCUT2D eigenvalue weighted by Gasteiger charge is 2.74. The first kappa shape index (κ1) is 29.1. The second-order valence-electron chi connectivity index (χ2n) is 16.3. The van der Waals surface area contributed by atoms with Crippen LogP contribution in [0.2, 0.25) is 0 Å². The van der Waals surface area contributed by atoms with Crippen molar-refractivity contribution in [3.05, 3.63) is 11.1 Å². The molecule has 0 bridgehead atoms. The quantitative estimate of drug-likeness (QED) is 0.127. The summed E-state index contributed by atoms with van der Waals surface area (Å²) in [5, 5.41) is 0. The number of esters is 1. The van der Waals surface area contributed by atoms with Gasteiger partial charge in [0.2, 0.25) is 5.91 Å². The zero-order chi connectivity index (χ0) is 28.8. The zero-order valence-corrected chi connectivity index (χ0v) is 26.4. The molecule has 5 nitrogen and oxygen atoms in total. The highest BCUT2D eigenvalue weighted by molar-refractivity contribution is 5.77. The Bertz CT molecular complexity index is 1080. The number of ether oxygens (including phenoxy) is 1. The Labute approximate surface area is 237 Å². The first-order valence-corrected chi connectivity index (χ1v) is 15.9. The largest absolute Gasteiger partial charge is 0.462 e. The Morgan fingerprint density at radius 2 is 1.54 bits per heavy atom. The molecule has 4 fully saturated rings. The van der Waals surface area contributed by atoms with Crippen molar-refractivity contribution < 1.29 is 14.3 Å². The van der Waals surface area contributed by atoms with E-state index >= 15 is 0 Å². The van der Waals surface area contributed by atoms with Gasteiger partial charge in [-0.2, -0.15) is 0 Å². The number of hydrogen-bond acceptors (Lipinski definition) is 4. The normalized spacial score (nSPS) is 46.6. The summed E-state index contributed by atoms with van der Waals surface area (Å²) in [5.41, 5.74) is 6.56. The van der Waals surface area contributed by atoms with Crippen LogP contribution < -0.4 is 11.3 Å². The maximum atomic E-state index is 12.7. The first-order valence-electron chi connectivity index (χ1n) is 15.9. The molecule has 0 spiro atoms. The van der Waals surface area contributed by atoms with Crippen LogP contribution in [0.1, 0.15) is 133 Å². The van der Waals surface area contributed by atoms with Crippen LogP contribution >= 0.6 is 0 Å². The van der Waals surface area contributed by atoms with E-state index in [4.69, 9.17) is 10.6 Å². The molecule has 39 heavy (non-hydrogen) atoms. The minimum atomic E-state index is -0.142. The molecule has 5 aliphatic rings. The summed E-state index contributed by atoms with van der Waals surface area (Å²) in [6, 6.07) is 0. The molecule has 8 atom stereocenters. The van der Waals surface area contributed by atoms with Gasteiger partial charge in [0.05, 0.1) is 0 Å². The average Bonchev–Trinajstić information content (AvgIpc) is 3.22. The zero-order valence-electron chi connectivity index (χ0n) is 26.4. The van der Waals surface area contributed by atoms with Crippen LogP contribution in [0.3, 0.4) is 0 Å². The highest BCUT2D eigenvalue weighted by Crippen LogP contribution is 2.81. The van der Waals surface area contributed by atoms with Crippen molar-refractivity contribution in [2.45, 2.75) is 139 Å². The van der Waals surface area contributed by atoms with E-state index in [1.165, 1.54) is 32.1 Å². The number of carbonyl (C=O) groups excluding carboxylic acids is 2. The summed E-state index contributed by atoms with van der Waals surface area (Å²) < 4.78 is 5.95. The smallest absolute Gasteiger partial charge is 0.302 e. The molecule has 0 aromatic heterocycles. The molecule has 220 valence electrons. The standard InChI is InChI=1S/C34H56N2O3/c1-21(2)23-10-17-34(20-27(38)36-35)19-18-30(6)24(28(23)34)11-15-33(9)31(7)14-13-26(39-22(3)37)29(4,5)25(31)12-16-32(30,33)8/h21,24-26H,10-20,35H2,1-9H3,(H,36,38)/t24-,25+,26+,30-,31+,32+,33-,34-/m1/s1. The summed E-state index contributed by atoms with van der Waals surface area (Å²) >= 11 is 0. The molecule has 5 heteroatoms. The number of allylic oxidation sites excluding steroid dienone is 2. The maximum absolute atomic E-state index is 12.7. The molecule has 0 saturated heterocycles. The van der Waals surface area contributed by atoms with E-state index in [0.717, 1.165) is 32.1 Å². The van der Waals surface area contributed by atoms with Crippen LogP contribution in [-0.4, -0.2) is 18.0 Å². The molecule has 0 aromatic carbocycles. The van der Waals surface area contributed by atoms with Gasteiger partial charge in [0.1, 0.15) is 6.10 Å². The first-order chi connectivity index (χ1) is 18.0. The minimum absolute atomic E-state index is 0.00670. The molecular weight excluding hydrogens is 484 g/mol. The van der Waals surface area contributed by atoms with E-state index in [-0.39, 0.29) is 50.5 Å². The second-order valence-corrected chi connectivity index (χ2v) is 16.3. The third-order valence-electron chi connectivity index (χ3n) is 14.7. The van der Waals surface area contributed by atoms with Crippen molar-refractivity contribution in [2.24, 2.45) is 56.1 Å². The van der Waals surface area contributed by atoms with E-state index in [1.54, 1.807) is 18.1 Å². The number of hydrazine groups is 1. The van der Waals surface area contributed by atoms with Crippen LogP contribution in [0, 0.1) is 50.2 Å². The Kier molecular flexibility index (Phi) is 6.78. The summed E-state index contributed by atoms with van der Waals surface area (Å²) in [6.45, 7) is 21.6. The topological polar surface area (TPSA) is 81.4 Å². The monoisotopic (exact) mass is 540 g/mol. The van der Waals surface area contributed by atoms with Crippen molar-refractivity contribution in [1.29, 1.82) is 0 Å². The molecule has 0 unspecified atom stereocenters. The SMILES string of the molecule is CC(=O)O[C@H]1CC[C@@]2(C)[C@@H](CC[C@]3(C)[C@]2(C)CC[C@@H]2C4=C(C(C)C)CC[C@]4(CC(=O)NN)CC[C@]23C)C1(C)C. The van der Waals surface area contributed by atoms with Gasteiger partial charge in [-0.1, -0.05) is 66.5 Å². The summed E-state index contributed by atoms with van der Waals surface area (Å²) in [5.74, 6) is 7.09. The third-order valence-corrected chi connectivity index (χ3v) is 14.7. The lowest BCUT2D eigenvalue weighted by Crippen LogP contribution is -2.70. The third kappa shape index (κ3) is 3.66. The van der Waals surface area contributed by atoms with E-state index < -0.39 is 0 Å². The number of amides is 1. The van der Waals surface area contributed by atoms with E-state index in [1.807, 2.05) is 0 Å². The lowest BCUT2D eigenvalue weighted by atomic mass is 9.28. The molecule has 4 saturated carbocycles. The summed E-state index contributed by atoms with van der Waals surface area (Å²) in [6.07, 6.45) is 12.1. The molecule has 0 radical (unpaired) electrons. The number of nitrogens with one attached hydrogen (secondary N) is 1. The van der Waals surface area contributed by atoms with Crippen molar-refractivity contribution >= 4 is 11.9 Å². The lowest BCUT2D eigenvalue weighted by molar-refractivity contribution is -0.277. The van der Waals surface area contributed by atoms with Crippen LogP contribution in [0.25, 0.3) is 0 Å². The number of fused-ring (bicyclic) bond motifs is 7. The van der Waals surface area contributed by atoms with Gasteiger partial charge in [0.25, 0.3) is 0 Å². The molecule has 0 aliphatic heterocycles. The average molecular weight is 541 g/mol. The second kappa shape index (κ2) is 9.07. The Morgan fingerprint density at radius 3 is 2.15 bits per heavy atom. The van der Waals surface area contributed by atoms with Crippen molar-refractivity contribution in [2.75, 3.05) is 0 Å². The van der Waals surface area contributed by atoms with Gasteiger partial charge in [-0.25, -0.2) is 5.84 Å². The molecule has 5 rings (SSSR count). The van der Waals surface area contributed by atoms with Gasteiger partial charge in [0.15, 0.2) is 0 Å². The van der Waals surface area contributed by atoms with Gasteiger partial charge < -0.3 is 4.74 Å². The Morgan fingerprint density at radius 1 is 0.897 bits per heavy atom. The van der Waals surface area contributed by atoms with E-state index in [0.29, 0.717) is 24.2 Å². The fourth-order valence-electron chi connectivity index (χ4n) is 12.2. The van der Waals surface area contributed by atoms with Crippen molar-refractivity contribution in [3.8, 4) is 0 Å². The molecule has 3 N–H and O–H groups in total. The number of nitrogens with two attached hydrogens (primary N) is 1. The van der Waals surface area contributed by atoms with Crippen molar-refractivity contribution in [1.82, 2.24) is 5.43 Å². The Hall–Kier alpha value is -1.36. The fourth-order valence-corrected chi connectivity index (χ4v) is 12.2. The predicted octanol–water partition coefficient (Wildman–Crippen LogP) is 7.49. The lowest BCUT2D eigenvalue weighted by Gasteiger charge is -2.76. The van der Waals surface area contributed by atoms with Gasteiger partial charge in [-0.15, -0.1) is 0 Å². The molecule has 1 amide bonds. The van der Waals surface area contributed by atoms with Crippen molar-refractivity contribution in [3.63, 3.8) is 0 Å². The summed E-state index contributed by atoms with van der Waals surface area (Å²) in [4.78, 5) is 24.7. The maximum Gasteiger partial charge on any atom is 0.302 e. The van der Waals surface area contributed by atoms with Gasteiger partial charge >= 0.3 is 5.97 Å². The number of hydrogen-bond donors (Lipinski definition) is 2. The van der Waals surface area contributed by atoms with Gasteiger partial charge in [0, 0.05) is 24.2 Å². The Balaban J connectivity index is 1.57. The van der Waals surface area contributed by atoms with E-state index in [2.05, 4.69) is 60.8 Å². The van der Waals surface area contributed by atoms with Crippen LogP contribution in [0.5, 0.6) is 0 Å². The fraction of sp³-hybridized carbons (Fsp3) is 0.882. The van der Waals surface area contributed by atoms with Gasteiger partial charge in [-0.3, -0.25) is 15.0 Å². The van der Waals surface area contributed by atoms with E-state index in [9.17, 15) is 9.59 Å². The molecule has 5 aliphatic carbocycles. The van der Waals surface area contributed by atoms with Gasteiger partial charge in [-0.05, 0) is 104 Å². The summed E-state index contributed by atoms with van der Waals surface area (Å²) in [7, 11) is 0. The van der Waals surface area contributed by atoms with Crippen LogP contribution in [-0.2, 0) is 14.3 Å². The highest BCUT2D eigenvalue weighted by atomic mass is 16.5. The molecule has 0 heterocycles. The number of rotatable bonds is 4. The molecular formula is C34H56N2O3. The van der Waals surface area contributed by atoms with Crippen LogP contribution in [0.4, 0.5) is 0 Å². The molecule has 0 aromatic rings. The minimum Gasteiger partial charge on any atom is -0.462 e.